The summed E-state index contributed by atoms with van der Waals surface area (Å²) >= 11 is 1.83. The van der Waals surface area contributed by atoms with Gasteiger partial charge in [0.2, 0.25) is 5.89 Å². The maximum atomic E-state index is 5.13. The highest BCUT2D eigenvalue weighted by Gasteiger charge is 2.24. The smallest absolute Gasteiger partial charge is 0.228 e. The van der Waals surface area contributed by atoms with E-state index >= 15 is 0 Å². The first-order valence-corrected chi connectivity index (χ1v) is 9.65. The van der Waals surface area contributed by atoms with Crippen molar-refractivity contribution in [2.45, 2.75) is 32.2 Å². The predicted octanol–water partition coefficient (Wildman–Crippen LogP) is 1.98. The zero-order valence-electron chi connectivity index (χ0n) is 14.9. The lowest BCUT2D eigenvalue weighted by molar-refractivity contribution is 0.249. The zero-order chi connectivity index (χ0) is 17.5. The fourth-order valence-corrected chi connectivity index (χ4v) is 3.95. The summed E-state index contributed by atoms with van der Waals surface area (Å²) in [6, 6.07) is 4.76. The molecule has 3 rings (SSSR count). The molecule has 1 aliphatic rings. The van der Waals surface area contributed by atoms with Crippen LogP contribution in [0.1, 0.15) is 35.5 Å². The van der Waals surface area contributed by atoms with E-state index in [0.717, 1.165) is 12.5 Å². The zero-order valence-corrected chi connectivity index (χ0v) is 15.7. The summed E-state index contributed by atoms with van der Waals surface area (Å²) in [5, 5.41) is 12.7. The fourth-order valence-electron chi connectivity index (χ4n) is 3.09. The SMILES string of the molecule is CN=C(NCCc1nc(C)no1)NCC(c1cccs1)N1CCCC1. The van der Waals surface area contributed by atoms with Crippen molar-refractivity contribution < 1.29 is 4.52 Å². The molecule has 2 aromatic heterocycles. The van der Waals surface area contributed by atoms with Gasteiger partial charge in [-0.2, -0.15) is 4.98 Å². The van der Waals surface area contributed by atoms with E-state index in [-0.39, 0.29) is 0 Å². The van der Waals surface area contributed by atoms with Crippen molar-refractivity contribution in [2.75, 3.05) is 33.2 Å². The van der Waals surface area contributed by atoms with Crippen molar-refractivity contribution in [3.05, 3.63) is 34.1 Å². The molecule has 7 nitrogen and oxygen atoms in total. The second-order valence-electron chi connectivity index (χ2n) is 6.14. The van der Waals surface area contributed by atoms with Crippen LogP contribution in [-0.2, 0) is 6.42 Å². The Labute approximate surface area is 152 Å². The summed E-state index contributed by atoms with van der Waals surface area (Å²) < 4.78 is 5.13. The van der Waals surface area contributed by atoms with Gasteiger partial charge in [0, 0.05) is 31.4 Å². The molecule has 0 aromatic carbocycles. The minimum absolute atomic E-state index is 0.402. The summed E-state index contributed by atoms with van der Waals surface area (Å²) in [6.07, 6.45) is 3.26. The van der Waals surface area contributed by atoms with E-state index in [1.807, 2.05) is 18.3 Å². The molecular weight excluding hydrogens is 336 g/mol. The number of aliphatic imine (C=N–C) groups is 1. The quantitative estimate of drug-likeness (QED) is 0.579. The highest BCUT2D eigenvalue weighted by molar-refractivity contribution is 7.10. The molecule has 1 fully saturated rings. The average molecular weight is 363 g/mol. The average Bonchev–Trinajstić information content (AvgIpc) is 3.37. The summed E-state index contributed by atoms with van der Waals surface area (Å²) in [6.45, 7) is 5.72. The third kappa shape index (κ3) is 5.02. The normalized spacial score (nSPS) is 17.0. The molecule has 2 aromatic rings. The number of thiophene rings is 1. The Bertz CT molecular complexity index is 662. The van der Waals surface area contributed by atoms with Crippen LogP contribution < -0.4 is 10.6 Å². The Balaban J connectivity index is 1.50. The van der Waals surface area contributed by atoms with Gasteiger partial charge in [-0.05, 0) is 44.3 Å². The van der Waals surface area contributed by atoms with E-state index in [9.17, 15) is 0 Å². The lowest BCUT2D eigenvalue weighted by atomic mass is 10.2. The minimum atomic E-state index is 0.402. The van der Waals surface area contributed by atoms with E-state index < -0.39 is 0 Å². The second kappa shape index (κ2) is 8.96. The van der Waals surface area contributed by atoms with E-state index in [1.165, 1.54) is 30.8 Å². The number of hydrogen-bond acceptors (Lipinski definition) is 6. The van der Waals surface area contributed by atoms with Gasteiger partial charge in [-0.15, -0.1) is 11.3 Å². The second-order valence-corrected chi connectivity index (χ2v) is 7.12. The molecule has 0 radical (unpaired) electrons. The summed E-state index contributed by atoms with van der Waals surface area (Å²) in [5.74, 6) is 2.12. The van der Waals surface area contributed by atoms with E-state index in [1.54, 1.807) is 7.05 Å². The van der Waals surface area contributed by atoms with Crippen molar-refractivity contribution in [3.8, 4) is 0 Å². The maximum Gasteiger partial charge on any atom is 0.228 e. The number of guanidine groups is 1. The molecule has 1 unspecified atom stereocenters. The van der Waals surface area contributed by atoms with E-state index in [4.69, 9.17) is 4.52 Å². The van der Waals surface area contributed by atoms with Crippen molar-refractivity contribution in [1.29, 1.82) is 0 Å². The molecule has 0 saturated carbocycles. The molecule has 2 N–H and O–H groups in total. The number of aromatic nitrogens is 2. The lowest BCUT2D eigenvalue weighted by Crippen LogP contribution is -2.43. The number of nitrogens with zero attached hydrogens (tertiary/aromatic N) is 4. The van der Waals surface area contributed by atoms with Crippen LogP contribution >= 0.6 is 11.3 Å². The molecule has 8 heteroatoms. The number of aryl methyl sites for hydroxylation is 1. The van der Waals surface area contributed by atoms with Crippen molar-refractivity contribution in [3.63, 3.8) is 0 Å². The van der Waals surface area contributed by atoms with Crippen molar-refractivity contribution in [1.82, 2.24) is 25.7 Å². The van der Waals surface area contributed by atoms with Crippen LogP contribution in [0.5, 0.6) is 0 Å². The van der Waals surface area contributed by atoms with Gasteiger partial charge in [0.15, 0.2) is 11.8 Å². The molecule has 1 aliphatic heterocycles. The Morgan fingerprint density at radius 1 is 1.40 bits per heavy atom. The molecule has 0 amide bonds. The van der Waals surface area contributed by atoms with Crippen LogP contribution in [0, 0.1) is 6.92 Å². The first-order valence-electron chi connectivity index (χ1n) is 8.77. The Hall–Kier alpha value is -1.93. The van der Waals surface area contributed by atoms with E-state index in [0.29, 0.717) is 30.7 Å². The Morgan fingerprint density at radius 2 is 2.24 bits per heavy atom. The molecule has 0 bridgehead atoms. The van der Waals surface area contributed by atoms with Crippen LogP contribution in [0.4, 0.5) is 0 Å². The monoisotopic (exact) mass is 362 g/mol. The van der Waals surface area contributed by atoms with Crippen LogP contribution in [-0.4, -0.2) is 54.2 Å². The van der Waals surface area contributed by atoms with Gasteiger partial charge < -0.3 is 15.2 Å². The first-order chi connectivity index (χ1) is 12.3. The predicted molar refractivity (Wildman–Crippen MR) is 100.0 cm³/mol. The van der Waals surface area contributed by atoms with Gasteiger partial charge in [-0.3, -0.25) is 9.89 Å². The van der Waals surface area contributed by atoms with Gasteiger partial charge in [-0.25, -0.2) is 0 Å². The summed E-state index contributed by atoms with van der Waals surface area (Å²) in [5.41, 5.74) is 0. The summed E-state index contributed by atoms with van der Waals surface area (Å²) in [7, 11) is 1.79. The maximum absolute atomic E-state index is 5.13. The van der Waals surface area contributed by atoms with Gasteiger partial charge >= 0.3 is 0 Å². The molecule has 0 spiro atoms. The van der Waals surface area contributed by atoms with Gasteiger partial charge in [-0.1, -0.05) is 11.2 Å². The van der Waals surface area contributed by atoms with Crippen molar-refractivity contribution in [2.24, 2.45) is 4.99 Å². The van der Waals surface area contributed by atoms with Crippen LogP contribution in [0.2, 0.25) is 0 Å². The first kappa shape index (κ1) is 17.9. The lowest BCUT2D eigenvalue weighted by Gasteiger charge is -2.27. The fraction of sp³-hybridized carbons (Fsp3) is 0.588. The van der Waals surface area contributed by atoms with Gasteiger partial charge in [0.05, 0.1) is 6.04 Å². The number of nitrogens with one attached hydrogen (secondary N) is 2. The van der Waals surface area contributed by atoms with Crippen LogP contribution in [0.25, 0.3) is 0 Å². The standard InChI is InChI=1S/C17H26N6OS/c1-13-21-16(24-22-13)7-8-19-17(18-2)20-12-14(15-6-5-11-25-15)23-9-3-4-10-23/h5-6,11,14H,3-4,7-10,12H2,1-2H3,(H2,18,19,20). The number of likely N-dealkylation sites (tertiary alicyclic amines) is 1. The van der Waals surface area contributed by atoms with Crippen LogP contribution in [0.3, 0.4) is 0 Å². The Kier molecular flexibility index (Phi) is 6.41. The third-order valence-corrected chi connectivity index (χ3v) is 5.31. The molecule has 136 valence electrons. The van der Waals surface area contributed by atoms with Crippen LogP contribution in [0.15, 0.2) is 27.0 Å². The molecule has 25 heavy (non-hydrogen) atoms. The number of hydrogen-bond donors (Lipinski definition) is 2. The Morgan fingerprint density at radius 3 is 2.88 bits per heavy atom. The molecule has 0 aliphatic carbocycles. The highest BCUT2D eigenvalue weighted by Crippen LogP contribution is 2.27. The molecular formula is C17H26N6OS. The highest BCUT2D eigenvalue weighted by atomic mass is 32.1. The topological polar surface area (TPSA) is 78.6 Å². The molecule has 1 atom stereocenters. The van der Waals surface area contributed by atoms with Gasteiger partial charge in [0.25, 0.3) is 0 Å². The number of rotatable bonds is 7. The van der Waals surface area contributed by atoms with Gasteiger partial charge in [0.1, 0.15) is 0 Å². The largest absolute Gasteiger partial charge is 0.356 e. The third-order valence-electron chi connectivity index (χ3n) is 4.34. The summed E-state index contributed by atoms with van der Waals surface area (Å²) in [4.78, 5) is 12.5. The molecule has 3 heterocycles. The van der Waals surface area contributed by atoms with E-state index in [2.05, 4.69) is 48.2 Å². The molecule has 1 saturated heterocycles. The minimum Gasteiger partial charge on any atom is -0.356 e. The van der Waals surface area contributed by atoms with Crippen molar-refractivity contribution >= 4 is 17.3 Å².